The van der Waals surface area contributed by atoms with Gasteiger partial charge in [0.15, 0.2) is 12.4 Å². The first-order chi connectivity index (χ1) is 18.6. The molecule has 0 radical (unpaired) electrons. The number of ether oxygens (including phenoxy) is 2. The van der Waals surface area contributed by atoms with Crippen LogP contribution in [0.25, 0.3) is 0 Å². The summed E-state index contributed by atoms with van der Waals surface area (Å²) in [5.41, 5.74) is -2.48. The fraction of sp³-hybridized carbons (Fsp3) is 0.774. The number of nitrogens with one attached hydrogen (secondary N) is 1. The molecule has 1 amide bonds. The van der Waals surface area contributed by atoms with E-state index in [4.69, 9.17) is 9.47 Å². The van der Waals surface area contributed by atoms with Gasteiger partial charge in [0.1, 0.15) is 17.0 Å². The molecule has 0 spiro atoms. The highest BCUT2D eigenvalue weighted by Crippen LogP contribution is 2.66. The van der Waals surface area contributed by atoms with Gasteiger partial charge in [0, 0.05) is 37.1 Å². The lowest BCUT2D eigenvalue weighted by molar-refractivity contribution is -0.173. The van der Waals surface area contributed by atoms with E-state index < -0.39 is 41.1 Å². The summed E-state index contributed by atoms with van der Waals surface area (Å²) in [6, 6.07) is 0. The lowest BCUT2D eigenvalue weighted by Gasteiger charge is -2.57. The number of hydrogen-bond acceptors (Lipinski definition) is 8. The molecule has 0 bridgehead atoms. The van der Waals surface area contributed by atoms with Crippen molar-refractivity contribution in [2.24, 2.45) is 28.6 Å². The van der Waals surface area contributed by atoms with E-state index in [1.807, 2.05) is 6.92 Å². The van der Waals surface area contributed by atoms with Crippen molar-refractivity contribution in [3.8, 4) is 0 Å². The van der Waals surface area contributed by atoms with Gasteiger partial charge in [0.25, 0.3) is 0 Å². The summed E-state index contributed by atoms with van der Waals surface area (Å²) >= 11 is 0. The van der Waals surface area contributed by atoms with Crippen molar-refractivity contribution in [1.29, 1.82) is 0 Å². The molecule has 0 unspecified atom stereocenters. The maximum absolute atomic E-state index is 13.7. The Hall–Kier alpha value is -2.55. The fourth-order valence-corrected chi connectivity index (χ4v) is 8.08. The molecule has 2 N–H and O–H groups in total. The van der Waals surface area contributed by atoms with E-state index in [9.17, 15) is 29.1 Å². The Morgan fingerprint density at radius 3 is 2.50 bits per heavy atom. The van der Waals surface area contributed by atoms with E-state index in [-0.39, 0.29) is 54.0 Å². The Morgan fingerprint density at radius 1 is 1.07 bits per heavy atom. The SMILES string of the molecule is CC(C)(C)OC(=O)NCCCCC(=O)OCC(=O)[C@@]1(O)CC[C@H]2[C@@H]3CCC4=CC(=O)CC[C@]4(C)[C@H]3C(=O)C[C@@]21C. The fourth-order valence-electron chi connectivity index (χ4n) is 8.08. The first kappa shape index (κ1) is 30.4. The Labute approximate surface area is 236 Å². The third kappa shape index (κ3) is 5.63. The number of rotatable bonds is 8. The molecular formula is C31H45NO8. The molecule has 4 aliphatic rings. The number of fused-ring (bicyclic) bond motifs is 5. The number of alkyl carbamates (subject to hydrolysis) is 1. The van der Waals surface area contributed by atoms with E-state index in [2.05, 4.69) is 12.2 Å². The summed E-state index contributed by atoms with van der Waals surface area (Å²) in [7, 11) is 0. The van der Waals surface area contributed by atoms with E-state index in [1.54, 1.807) is 26.8 Å². The summed E-state index contributed by atoms with van der Waals surface area (Å²) in [6.07, 6.45) is 5.97. The number of hydrogen-bond donors (Lipinski definition) is 2. The van der Waals surface area contributed by atoms with Crippen LogP contribution in [0.15, 0.2) is 11.6 Å². The largest absolute Gasteiger partial charge is 0.458 e. The zero-order valence-corrected chi connectivity index (χ0v) is 24.6. The van der Waals surface area contributed by atoms with Crippen LogP contribution in [0.3, 0.4) is 0 Å². The summed E-state index contributed by atoms with van der Waals surface area (Å²) in [4.78, 5) is 63.1. The molecule has 3 saturated carbocycles. The molecule has 4 aliphatic carbocycles. The summed E-state index contributed by atoms with van der Waals surface area (Å²) in [5.74, 6) is -1.02. The van der Waals surface area contributed by atoms with Gasteiger partial charge in [-0.1, -0.05) is 19.4 Å². The van der Waals surface area contributed by atoms with Crippen molar-refractivity contribution in [2.45, 2.75) is 110 Å². The highest BCUT2D eigenvalue weighted by molar-refractivity contribution is 5.95. The standard InChI is InChI=1S/C31H45NO8/c1-28(2,3)40-27(37)32-15-7-6-8-25(36)39-18-24(35)31(38)14-12-22-21-10-9-19-16-20(33)11-13-29(19,4)26(21)23(34)17-30(22,31)5/h16,21-22,26,38H,6-15,17-18H2,1-5H3,(H,32,37)/t21-,22-,26+,29-,30-,31-/m0/s1. The minimum Gasteiger partial charge on any atom is -0.458 e. The van der Waals surface area contributed by atoms with Crippen LogP contribution in [-0.4, -0.2) is 58.9 Å². The van der Waals surface area contributed by atoms with Crippen LogP contribution in [0, 0.1) is 28.6 Å². The molecule has 0 aromatic carbocycles. The Kier molecular flexibility index (Phi) is 8.38. The zero-order chi connectivity index (χ0) is 29.5. The van der Waals surface area contributed by atoms with Crippen LogP contribution in [0.2, 0.25) is 0 Å². The molecule has 3 fully saturated rings. The lowest BCUT2D eigenvalue weighted by atomic mass is 9.46. The monoisotopic (exact) mass is 559 g/mol. The van der Waals surface area contributed by atoms with Gasteiger partial charge in [-0.15, -0.1) is 0 Å². The minimum absolute atomic E-state index is 0.00771. The van der Waals surface area contributed by atoms with Crippen molar-refractivity contribution >= 4 is 29.4 Å². The van der Waals surface area contributed by atoms with E-state index >= 15 is 0 Å². The average Bonchev–Trinajstić information content (AvgIpc) is 3.12. The number of carbonyl (C=O) groups is 5. The van der Waals surface area contributed by atoms with Gasteiger partial charge in [-0.25, -0.2) is 4.79 Å². The molecule has 0 heterocycles. The topological polar surface area (TPSA) is 136 Å². The van der Waals surface area contributed by atoms with Crippen LogP contribution in [0.1, 0.15) is 98.8 Å². The predicted molar refractivity (Wildman–Crippen MR) is 146 cm³/mol. The summed E-state index contributed by atoms with van der Waals surface area (Å²) < 4.78 is 10.4. The van der Waals surface area contributed by atoms with Gasteiger partial charge in [-0.05, 0) is 89.0 Å². The number of unbranched alkanes of at least 4 members (excludes halogenated alkanes) is 1. The minimum atomic E-state index is -1.73. The Balaban J connectivity index is 1.31. The van der Waals surface area contributed by atoms with Crippen LogP contribution < -0.4 is 5.32 Å². The van der Waals surface area contributed by atoms with Crippen LogP contribution in [0.4, 0.5) is 4.79 Å². The smallest absolute Gasteiger partial charge is 0.407 e. The van der Waals surface area contributed by atoms with E-state index in [0.717, 1.165) is 18.4 Å². The molecule has 6 atom stereocenters. The van der Waals surface area contributed by atoms with Gasteiger partial charge in [0.05, 0.1) is 0 Å². The van der Waals surface area contributed by atoms with Crippen molar-refractivity contribution < 1.29 is 38.6 Å². The maximum Gasteiger partial charge on any atom is 0.407 e. The number of allylic oxidation sites excluding steroid dienone is 1. The molecule has 9 nitrogen and oxygen atoms in total. The molecule has 40 heavy (non-hydrogen) atoms. The lowest BCUT2D eigenvalue weighted by Crippen LogP contribution is -2.61. The van der Waals surface area contributed by atoms with Crippen molar-refractivity contribution in [1.82, 2.24) is 5.32 Å². The van der Waals surface area contributed by atoms with E-state index in [0.29, 0.717) is 38.6 Å². The van der Waals surface area contributed by atoms with Gasteiger partial charge >= 0.3 is 12.1 Å². The predicted octanol–water partition coefficient (Wildman–Crippen LogP) is 4.24. The number of ketones is 3. The number of Topliss-reactive ketones (excluding diaryl/α,β-unsaturated/α-hetero) is 2. The maximum atomic E-state index is 13.7. The first-order valence-corrected chi connectivity index (χ1v) is 14.8. The van der Waals surface area contributed by atoms with Crippen LogP contribution in [0.5, 0.6) is 0 Å². The third-order valence-corrected chi connectivity index (χ3v) is 10.1. The highest BCUT2D eigenvalue weighted by Gasteiger charge is 2.68. The molecule has 0 aromatic rings. The second-order valence-corrected chi connectivity index (χ2v) is 13.8. The third-order valence-electron chi connectivity index (χ3n) is 10.1. The van der Waals surface area contributed by atoms with Gasteiger partial charge in [-0.3, -0.25) is 19.2 Å². The zero-order valence-electron chi connectivity index (χ0n) is 24.6. The number of esters is 1. The molecule has 9 heteroatoms. The first-order valence-electron chi connectivity index (χ1n) is 14.8. The number of carbonyl (C=O) groups excluding carboxylic acids is 5. The van der Waals surface area contributed by atoms with E-state index in [1.165, 1.54) is 0 Å². The quantitative estimate of drug-likeness (QED) is 0.333. The summed E-state index contributed by atoms with van der Waals surface area (Å²) in [6.45, 7) is 9.13. The molecule has 0 aromatic heterocycles. The van der Waals surface area contributed by atoms with Crippen molar-refractivity contribution in [3.63, 3.8) is 0 Å². The number of aliphatic hydroxyl groups is 1. The molecular weight excluding hydrogens is 514 g/mol. The van der Waals surface area contributed by atoms with Gasteiger partial charge < -0.3 is 19.9 Å². The van der Waals surface area contributed by atoms with Crippen LogP contribution in [-0.2, 0) is 28.7 Å². The molecule has 0 saturated heterocycles. The molecule has 222 valence electrons. The number of amides is 1. The summed E-state index contributed by atoms with van der Waals surface area (Å²) in [5, 5.41) is 14.4. The second-order valence-electron chi connectivity index (χ2n) is 13.8. The van der Waals surface area contributed by atoms with Crippen molar-refractivity contribution in [2.75, 3.05) is 13.2 Å². The Bertz CT molecular complexity index is 1110. The Morgan fingerprint density at radius 2 is 1.80 bits per heavy atom. The van der Waals surface area contributed by atoms with Gasteiger partial charge in [0.2, 0.25) is 5.78 Å². The molecule has 4 rings (SSSR count). The van der Waals surface area contributed by atoms with Crippen molar-refractivity contribution in [3.05, 3.63) is 11.6 Å². The van der Waals surface area contributed by atoms with Gasteiger partial charge in [-0.2, -0.15) is 0 Å². The molecule has 0 aliphatic heterocycles. The average molecular weight is 560 g/mol. The normalized spacial score (nSPS) is 35.1. The highest BCUT2D eigenvalue weighted by atomic mass is 16.6. The second kappa shape index (κ2) is 11.0. The van der Waals surface area contributed by atoms with Crippen LogP contribution >= 0.6 is 0 Å².